The number of carbonyl (C=O) groups excluding carboxylic acids is 1. The summed E-state index contributed by atoms with van der Waals surface area (Å²) in [6, 6.07) is 4.23. The van der Waals surface area contributed by atoms with E-state index in [4.69, 9.17) is 23.2 Å². The summed E-state index contributed by atoms with van der Waals surface area (Å²) in [6.45, 7) is 1.47. The van der Waals surface area contributed by atoms with Crippen molar-refractivity contribution in [1.82, 2.24) is 4.90 Å². The third-order valence-corrected chi connectivity index (χ3v) is 3.87. The molecule has 1 aliphatic heterocycles. The highest BCUT2D eigenvalue weighted by molar-refractivity contribution is 6.31. The van der Waals surface area contributed by atoms with Crippen LogP contribution in [-0.4, -0.2) is 23.9 Å². The molecule has 2 nitrogen and oxygen atoms in total. The number of nitrogens with zero attached hydrogens (tertiary/aromatic N) is 1. The van der Waals surface area contributed by atoms with Gasteiger partial charge in [-0.1, -0.05) is 17.7 Å². The second-order valence-corrected chi connectivity index (χ2v) is 5.27. The molecular formula is C13H14Cl2FNO. The number of halogens is 3. The minimum atomic E-state index is -0.838. The highest BCUT2D eigenvalue weighted by Gasteiger charge is 2.25. The van der Waals surface area contributed by atoms with Crippen LogP contribution in [0.4, 0.5) is 4.39 Å². The van der Waals surface area contributed by atoms with Gasteiger partial charge in [0.1, 0.15) is 11.2 Å². The Kier molecular flexibility index (Phi) is 4.46. The van der Waals surface area contributed by atoms with Crippen LogP contribution in [0.25, 0.3) is 0 Å². The first-order valence-corrected chi connectivity index (χ1v) is 6.79. The second kappa shape index (κ2) is 5.89. The molecule has 1 amide bonds. The standard InChI is InChI=1S/C13H14Cl2FNO/c14-10-5-4-9(8-11(10)16)12(15)13(18)17-6-2-1-3-7-17/h4-5,8,12H,1-3,6-7H2. The Morgan fingerprint density at radius 2 is 1.94 bits per heavy atom. The Balaban J connectivity index is 2.11. The van der Waals surface area contributed by atoms with Crippen LogP contribution in [0.3, 0.4) is 0 Å². The number of hydrogen-bond acceptors (Lipinski definition) is 1. The molecule has 1 heterocycles. The van der Waals surface area contributed by atoms with Crippen molar-refractivity contribution < 1.29 is 9.18 Å². The van der Waals surface area contributed by atoms with Gasteiger partial charge in [-0.05, 0) is 37.0 Å². The fraction of sp³-hybridized carbons (Fsp3) is 0.462. The molecule has 1 unspecified atom stereocenters. The van der Waals surface area contributed by atoms with Gasteiger partial charge in [0, 0.05) is 13.1 Å². The molecule has 0 radical (unpaired) electrons. The molecule has 1 saturated heterocycles. The predicted octanol–water partition coefficient (Wildman–Crippen LogP) is 3.77. The molecule has 0 aliphatic carbocycles. The smallest absolute Gasteiger partial charge is 0.245 e. The average molecular weight is 290 g/mol. The van der Waals surface area contributed by atoms with Crippen LogP contribution in [0.15, 0.2) is 18.2 Å². The van der Waals surface area contributed by atoms with Crippen LogP contribution in [0.1, 0.15) is 30.2 Å². The van der Waals surface area contributed by atoms with E-state index in [-0.39, 0.29) is 10.9 Å². The van der Waals surface area contributed by atoms with E-state index in [2.05, 4.69) is 0 Å². The molecule has 0 bridgehead atoms. The van der Waals surface area contributed by atoms with Gasteiger partial charge < -0.3 is 4.90 Å². The van der Waals surface area contributed by atoms with E-state index in [1.165, 1.54) is 12.1 Å². The molecule has 18 heavy (non-hydrogen) atoms. The molecule has 1 aliphatic rings. The fourth-order valence-corrected chi connectivity index (χ4v) is 2.48. The summed E-state index contributed by atoms with van der Waals surface area (Å²) in [6.07, 6.45) is 3.15. The maximum Gasteiger partial charge on any atom is 0.245 e. The van der Waals surface area contributed by atoms with Gasteiger partial charge in [0.2, 0.25) is 5.91 Å². The van der Waals surface area contributed by atoms with Gasteiger partial charge >= 0.3 is 0 Å². The zero-order valence-corrected chi connectivity index (χ0v) is 11.3. The topological polar surface area (TPSA) is 20.3 Å². The lowest BCUT2D eigenvalue weighted by Gasteiger charge is -2.28. The number of rotatable bonds is 2. The van der Waals surface area contributed by atoms with E-state index in [0.29, 0.717) is 5.56 Å². The van der Waals surface area contributed by atoms with Crippen LogP contribution in [0.5, 0.6) is 0 Å². The highest BCUT2D eigenvalue weighted by Crippen LogP contribution is 2.27. The molecule has 1 fully saturated rings. The Bertz CT molecular complexity index is 447. The zero-order chi connectivity index (χ0) is 13.1. The molecule has 0 N–H and O–H groups in total. The van der Waals surface area contributed by atoms with E-state index >= 15 is 0 Å². The molecule has 0 saturated carbocycles. The van der Waals surface area contributed by atoms with Crippen LogP contribution < -0.4 is 0 Å². The van der Waals surface area contributed by atoms with Crippen LogP contribution in [0, 0.1) is 5.82 Å². The van der Waals surface area contributed by atoms with E-state index in [9.17, 15) is 9.18 Å². The molecule has 98 valence electrons. The lowest BCUT2D eigenvalue weighted by molar-refractivity contribution is -0.131. The molecule has 1 aromatic carbocycles. The molecule has 1 aromatic rings. The Morgan fingerprint density at radius 3 is 2.56 bits per heavy atom. The largest absolute Gasteiger partial charge is 0.341 e. The number of piperidine rings is 1. The van der Waals surface area contributed by atoms with Gasteiger partial charge in [-0.3, -0.25) is 4.79 Å². The predicted molar refractivity (Wildman–Crippen MR) is 70.4 cm³/mol. The Hall–Kier alpha value is -0.800. The molecule has 1 atom stereocenters. The monoisotopic (exact) mass is 289 g/mol. The van der Waals surface area contributed by atoms with Gasteiger partial charge in [0.05, 0.1) is 5.02 Å². The number of likely N-dealkylation sites (tertiary alicyclic amines) is 1. The summed E-state index contributed by atoms with van der Waals surface area (Å²) in [5, 5.41) is -0.803. The first kappa shape index (κ1) is 13.6. The van der Waals surface area contributed by atoms with Crippen molar-refractivity contribution in [2.45, 2.75) is 24.6 Å². The van der Waals surface area contributed by atoms with Crippen molar-refractivity contribution in [3.63, 3.8) is 0 Å². The second-order valence-electron chi connectivity index (χ2n) is 4.42. The van der Waals surface area contributed by atoms with Crippen molar-refractivity contribution in [2.24, 2.45) is 0 Å². The van der Waals surface area contributed by atoms with Gasteiger partial charge in [0.25, 0.3) is 0 Å². The van der Waals surface area contributed by atoms with Gasteiger partial charge in [-0.25, -0.2) is 4.39 Å². The summed E-state index contributed by atoms with van der Waals surface area (Å²) in [7, 11) is 0. The molecular weight excluding hydrogens is 276 g/mol. The summed E-state index contributed by atoms with van der Waals surface area (Å²) in [5.41, 5.74) is 0.453. The molecule has 5 heteroatoms. The minimum Gasteiger partial charge on any atom is -0.341 e. The van der Waals surface area contributed by atoms with E-state index in [0.717, 1.165) is 32.4 Å². The van der Waals surface area contributed by atoms with Crippen molar-refractivity contribution in [1.29, 1.82) is 0 Å². The number of carbonyl (C=O) groups is 1. The lowest BCUT2D eigenvalue weighted by atomic mass is 10.1. The number of benzene rings is 1. The minimum absolute atomic E-state index is 0.0352. The Morgan fingerprint density at radius 1 is 1.28 bits per heavy atom. The van der Waals surface area contributed by atoms with E-state index in [1.807, 2.05) is 0 Å². The number of hydrogen-bond donors (Lipinski definition) is 0. The summed E-state index contributed by atoms with van der Waals surface area (Å²) < 4.78 is 13.3. The Labute approximate surface area is 116 Å². The zero-order valence-electron chi connectivity index (χ0n) is 9.83. The van der Waals surface area contributed by atoms with Crippen molar-refractivity contribution in [3.8, 4) is 0 Å². The van der Waals surface area contributed by atoms with E-state index < -0.39 is 11.2 Å². The molecule has 2 rings (SSSR count). The summed E-state index contributed by atoms with van der Waals surface area (Å²) >= 11 is 11.7. The normalized spacial score (nSPS) is 17.6. The number of amides is 1. The quantitative estimate of drug-likeness (QED) is 0.759. The maximum absolute atomic E-state index is 13.3. The SMILES string of the molecule is O=C(C(Cl)c1ccc(Cl)c(F)c1)N1CCCCC1. The molecule has 0 spiro atoms. The van der Waals surface area contributed by atoms with E-state index in [1.54, 1.807) is 11.0 Å². The first-order chi connectivity index (χ1) is 8.59. The number of alkyl halides is 1. The van der Waals surface area contributed by atoms with Crippen molar-refractivity contribution in [3.05, 3.63) is 34.6 Å². The third kappa shape index (κ3) is 2.96. The van der Waals surface area contributed by atoms with Crippen LogP contribution in [-0.2, 0) is 4.79 Å². The summed E-state index contributed by atoms with van der Waals surface area (Å²) in [4.78, 5) is 13.9. The maximum atomic E-state index is 13.3. The van der Waals surface area contributed by atoms with Gasteiger partial charge in [-0.15, -0.1) is 11.6 Å². The average Bonchev–Trinajstić information content (AvgIpc) is 2.41. The summed E-state index contributed by atoms with van der Waals surface area (Å²) in [5.74, 6) is -0.704. The third-order valence-electron chi connectivity index (χ3n) is 3.12. The van der Waals surface area contributed by atoms with Crippen LogP contribution in [0.2, 0.25) is 5.02 Å². The van der Waals surface area contributed by atoms with Crippen molar-refractivity contribution in [2.75, 3.05) is 13.1 Å². The van der Waals surface area contributed by atoms with Crippen LogP contribution >= 0.6 is 23.2 Å². The molecule has 0 aromatic heterocycles. The van der Waals surface area contributed by atoms with Gasteiger partial charge in [0.15, 0.2) is 0 Å². The van der Waals surface area contributed by atoms with Crippen molar-refractivity contribution >= 4 is 29.1 Å². The first-order valence-electron chi connectivity index (χ1n) is 5.97. The highest BCUT2D eigenvalue weighted by atomic mass is 35.5. The fourth-order valence-electron chi connectivity index (χ4n) is 2.09. The van der Waals surface area contributed by atoms with Gasteiger partial charge in [-0.2, -0.15) is 0 Å². The lowest BCUT2D eigenvalue weighted by Crippen LogP contribution is -2.37.